The minimum Gasteiger partial charge on any atom is -0.336 e. The Hall–Kier alpha value is -2.46. The van der Waals surface area contributed by atoms with Gasteiger partial charge in [-0.15, -0.1) is 0 Å². The number of anilines is 1. The topological polar surface area (TPSA) is 73.0 Å². The monoisotopic (exact) mass is 558 g/mol. The van der Waals surface area contributed by atoms with E-state index in [1.165, 1.54) is 0 Å². The van der Waals surface area contributed by atoms with E-state index in [-0.39, 0.29) is 24.3 Å². The van der Waals surface area contributed by atoms with Gasteiger partial charge in [0.15, 0.2) is 0 Å². The molecule has 1 spiro atoms. The van der Waals surface area contributed by atoms with Gasteiger partial charge in [0.25, 0.3) is 11.8 Å². The van der Waals surface area contributed by atoms with Crippen molar-refractivity contribution < 1.29 is 14.4 Å². The lowest BCUT2D eigenvalue weighted by molar-refractivity contribution is -0.144. The van der Waals surface area contributed by atoms with Crippen LogP contribution in [0.15, 0.2) is 48.5 Å². The molecule has 0 aromatic heterocycles. The number of amides is 3. The summed E-state index contributed by atoms with van der Waals surface area (Å²) < 4.78 is 0.948. The van der Waals surface area contributed by atoms with Gasteiger partial charge in [-0.3, -0.25) is 19.3 Å². The predicted molar refractivity (Wildman–Crippen MR) is 134 cm³/mol. The summed E-state index contributed by atoms with van der Waals surface area (Å²) in [5.41, 5.74) is 1.87. The van der Waals surface area contributed by atoms with E-state index in [0.29, 0.717) is 45.6 Å². The highest BCUT2D eigenvalue weighted by molar-refractivity contribution is 14.1. The molecule has 3 aliphatic heterocycles. The summed E-state index contributed by atoms with van der Waals surface area (Å²) in [4.78, 5) is 45.1. The second-order valence-electron chi connectivity index (χ2n) is 9.02. The van der Waals surface area contributed by atoms with Crippen molar-refractivity contribution in [1.82, 2.24) is 14.7 Å². The van der Waals surface area contributed by atoms with Crippen molar-refractivity contribution in [3.05, 3.63) is 63.2 Å². The van der Waals surface area contributed by atoms with Crippen molar-refractivity contribution in [3.8, 4) is 0 Å². The van der Waals surface area contributed by atoms with Crippen molar-refractivity contribution >= 4 is 46.0 Å². The summed E-state index contributed by atoms with van der Waals surface area (Å²) in [5, 5.41) is 3.03. The van der Waals surface area contributed by atoms with Crippen LogP contribution in [0.4, 0.5) is 5.69 Å². The third kappa shape index (κ3) is 4.14. The maximum Gasteiger partial charge on any atom is 0.255 e. The van der Waals surface area contributed by atoms with E-state index >= 15 is 0 Å². The summed E-state index contributed by atoms with van der Waals surface area (Å²) in [7, 11) is 0. The number of halogens is 1. The van der Waals surface area contributed by atoms with E-state index < -0.39 is 5.54 Å². The number of benzene rings is 2. The number of carbonyl (C=O) groups excluding carboxylic acids is 3. The third-order valence-corrected chi connectivity index (χ3v) is 8.02. The number of para-hydroxylation sites is 1. The number of hydrogen-bond acceptors (Lipinski definition) is 4. The number of piperazine rings is 1. The Kier molecular flexibility index (Phi) is 6.13. The molecule has 3 amide bonds. The molecule has 8 heteroatoms. The van der Waals surface area contributed by atoms with Crippen molar-refractivity contribution in [3.63, 3.8) is 0 Å². The molecule has 0 radical (unpaired) electrons. The number of fused-ring (bicyclic) bond motifs is 1. The van der Waals surface area contributed by atoms with Crippen molar-refractivity contribution in [2.45, 2.75) is 24.8 Å². The minimum absolute atomic E-state index is 0.000541. The number of rotatable bonds is 3. The summed E-state index contributed by atoms with van der Waals surface area (Å²) in [6.07, 6.45) is 2.09. The molecule has 3 aliphatic rings. The van der Waals surface area contributed by atoms with Gasteiger partial charge in [0.2, 0.25) is 5.91 Å². The van der Waals surface area contributed by atoms with E-state index in [0.717, 1.165) is 26.8 Å². The first-order chi connectivity index (χ1) is 16.0. The Morgan fingerprint density at radius 3 is 2.48 bits per heavy atom. The van der Waals surface area contributed by atoms with Crippen molar-refractivity contribution in [2.75, 3.05) is 44.6 Å². The first kappa shape index (κ1) is 22.3. The summed E-state index contributed by atoms with van der Waals surface area (Å²) in [5.74, 6) is -0.0265. The molecule has 2 saturated heterocycles. The third-order valence-electron chi connectivity index (χ3n) is 7.08. The zero-order valence-electron chi connectivity index (χ0n) is 18.4. The highest BCUT2D eigenvalue weighted by Gasteiger charge is 2.51. The summed E-state index contributed by atoms with van der Waals surface area (Å²) >= 11 is 2.19. The molecule has 0 saturated carbocycles. The van der Waals surface area contributed by atoms with Crippen LogP contribution in [0.25, 0.3) is 0 Å². The highest BCUT2D eigenvalue weighted by Crippen LogP contribution is 2.39. The van der Waals surface area contributed by atoms with Gasteiger partial charge in [-0.1, -0.05) is 30.3 Å². The van der Waals surface area contributed by atoms with Crippen LogP contribution < -0.4 is 5.32 Å². The van der Waals surface area contributed by atoms with Gasteiger partial charge in [-0.05, 0) is 59.2 Å². The zero-order chi connectivity index (χ0) is 23.0. The molecule has 3 heterocycles. The van der Waals surface area contributed by atoms with Crippen LogP contribution in [-0.4, -0.2) is 77.2 Å². The van der Waals surface area contributed by atoms with Crippen LogP contribution in [0.2, 0.25) is 0 Å². The first-order valence-corrected chi connectivity index (χ1v) is 12.5. The molecule has 2 aromatic rings. The molecule has 1 unspecified atom stereocenters. The quantitative estimate of drug-likeness (QED) is 0.589. The fourth-order valence-corrected chi connectivity index (χ4v) is 5.90. The Morgan fingerprint density at radius 1 is 0.970 bits per heavy atom. The van der Waals surface area contributed by atoms with Gasteiger partial charge in [-0.2, -0.15) is 0 Å². The lowest BCUT2D eigenvalue weighted by Gasteiger charge is -2.42. The number of nitrogens with zero attached hydrogens (tertiary/aromatic N) is 3. The van der Waals surface area contributed by atoms with E-state index in [9.17, 15) is 14.4 Å². The van der Waals surface area contributed by atoms with Crippen molar-refractivity contribution in [1.29, 1.82) is 0 Å². The average molecular weight is 558 g/mol. The average Bonchev–Trinajstić information content (AvgIpc) is 3.25. The molecule has 5 rings (SSSR count). The van der Waals surface area contributed by atoms with Crippen molar-refractivity contribution in [2.24, 2.45) is 0 Å². The van der Waals surface area contributed by atoms with Crippen LogP contribution in [0.3, 0.4) is 0 Å². The van der Waals surface area contributed by atoms with Gasteiger partial charge in [0.1, 0.15) is 5.54 Å². The van der Waals surface area contributed by atoms with Crippen LogP contribution in [0.1, 0.15) is 28.8 Å². The maximum absolute atomic E-state index is 13.3. The molecule has 2 fully saturated rings. The molecule has 1 atom stereocenters. The number of hydrogen-bond donors (Lipinski definition) is 1. The second-order valence-corrected chi connectivity index (χ2v) is 10.2. The predicted octanol–water partition coefficient (Wildman–Crippen LogP) is 2.61. The summed E-state index contributed by atoms with van der Waals surface area (Å²) in [6, 6.07) is 15.4. The highest BCUT2D eigenvalue weighted by atomic mass is 127. The SMILES string of the molecule is O=C(c1ccccc1I)N1CCN(CC(=O)N2CCCC23Cc2ccccc2NC3=O)CC1. The zero-order valence-corrected chi connectivity index (χ0v) is 20.6. The Balaban J connectivity index is 1.22. The Labute approximate surface area is 207 Å². The van der Waals surface area contributed by atoms with Gasteiger partial charge >= 0.3 is 0 Å². The smallest absolute Gasteiger partial charge is 0.255 e. The molecule has 7 nitrogen and oxygen atoms in total. The summed E-state index contributed by atoms with van der Waals surface area (Å²) in [6.45, 7) is 3.38. The molecular formula is C25H27IN4O3. The first-order valence-electron chi connectivity index (χ1n) is 11.4. The van der Waals surface area contributed by atoms with Gasteiger partial charge in [0, 0.05) is 48.4 Å². The normalized spacial score (nSPS) is 22.9. The van der Waals surface area contributed by atoms with Crippen LogP contribution in [0, 0.1) is 3.57 Å². The lowest BCUT2D eigenvalue weighted by atomic mass is 9.83. The molecule has 0 bridgehead atoms. The van der Waals surface area contributed by atoms with E-state index in [1.54, 1.807) is 0 Å². The largest absolute Gasteiger partial charge is 0.336 e. The Morgan fingerprint density at radius 2 is 1.70 bits per heavy atom. The van der Waals surface area contributed by atoms with Crippen LogP contribution in [-0.2, 0) is 16.0 Å². The molecule has 33 heavy (non-hydrogen) atoms. The molecule has 2 aromatic carbocycles. The maximum atomic E-state index is 13.3. The second kappa shape index (κ2) is 9.06. The van der Waals surface area contributed by atoms with Gasteiger partial charge in [0.05, 0.1) is 12.1 Å². The molecular weight excluding hydrogens is 531 g/mol. The fraction of sp³-hybridized carbons (Fsp3) is 0.400. The lowest BCUT2D eigenvalue weighted by Crippen LogP contribution is -2.60. The van der Waals surface area contributed by atoms with Gasteiger partial charge < -0.3 is 15.1 Å². The number of likely N-dealkylation sites (tertiary alicyclic amines) is 1. The number of nitrogens with one attached hydrogen (secondary N) is 1. The van der Waals surface area contributed by atoms with Crippen LogP contribution >= 0.6 is 22.6 Å². The Bertz CT molecular complexity index is 1100. The molecule has 172 valence electrons. The van der Waals surface area contributed by atoms with E-state index in [1.807, 2.05) is 58.3 Å². The van der Waals surface area contributed by atoms with Crippen LogP contribution in [0.5, 0.6) is 0 Å². The van der Waals surface area contributed by atoms with E-state index in [4.69, 9.17) is 0 Å². The standard InChI is InChI=1S/C25H27IN4O3/c26-20-8-3-2-7-19(20)23(32)29-14-12-28(13-15-29)17-22(31)30-11-5-10-25(30)16-18-6-1-4-9-21(18)27-24(25)33/h1-4,6-9H,5,10-17H2,(H,27,33). The van der Waals surface area contributed by atoms with Gasteiger partial charge in [-0.25, -0.2) is 0 Å². The number of carbonyl (C=O) groups is 3. The molecule has 0 aliphatic carbocycles. The minimum atomic E-state index is -0.785. The molecule has 1 N–H and O–H groups in total. The van der Waals surface area contributed by atoms with E-state index in [2.05, 4.69) is 32.8 Å². The fourth-order valence-electron chi connectivity index (χ4n) is 5.28.